The molecule has 0 fully saturated rings. The molecule has 102 valence electrons. The average molecular weight is 267 g/mol. The van der Waals surface area contributed by atoms with Crippen molar-refractivity contribution in [3.63, 3.8) is 0 Å². The molecule has 0 aliphatic rings. The summed E-state index contributed by atoms with van der Waals surface area (Å²) in [4.78, 5) is 13.6. The molecule has 1 aromatic rings. The van der Waals surface area contributed by atoms with E-state index in [4.69, 9.17) is 0 Å². The van der Waals surface area contributed by atoms with Crippen molar-refractivity contribution >= 4 is 11.8 Å². The number of unbranched alkanes of at least 4 members (excludes halogenated alkanes) is 4. The van der Waals surface area contributed by atoms with Gasteiger partial charge in [0.25, 0.3) is 0 Å². The molecule has 1 rings (SSSR count). The summed E-state index contributed by atoms with van der Waals surface area (Å²) < 4.78 is 0. The Morgan fingerprint density at radius 1 is 0.778 bits per heavy atom. The van der Waals surface area contributed by atoms with Crippen molar-refractivity contribution < 1.29 is 0 Å². The van der Waals surface area contributed by atoms with Crippen LogP contribution in [0.1, 0.15) is 64.0 Å². The molecule has 0 saturated heterocycles. The van der Waals surface area contributed by atoms with E-state index in [-0.39, 0.29) is 0 Å². The highest BCUT2D eigenvalue weighted by atomic mass is 32.2. The van der Waals surface area contributed by atoms with Crippen molar-refractivity contribution in [1.82, 2.24) is 15.0 Å². The summed E-state index contributed by atoms with van der Waals surface area (Å²) in [5.74, 6) is 1.96. The molecule has 0 aliphatic carbocycles. The predicted octanol–water partition coefficient (Wildman–Crippen LogP) is 4.06. The van der Waals surface area contributed by atoms with Gasteiger partial charge in [-0.1, -0.05) is 51.3 Å². The number of hydrogen-bond donors (Lipinski definition) is 0. The minimum absolute atomic E-state index is 0.878. The molecule has 0 spiro atoms. The van der Waals surface area contributed by atoms with Crippen molar-refractivity contribution in [2.75, 3.05) is 6.26 Å². The largest absolute Gasteiger partial charge is 0.218 e. The molecular weight excluding hydrogens is 242 g/mol. The molecule has 0 amide bonds. The summed E-state index contributed by atoms with van der Waals surface area (Å²) in [6, 6.07) is 0. The van der Waals surface area contributed by atoms with Gasteiger partial charge in [0.2, 0.25) is 0 Å². The van der Waals surface area contributed by atoms with Crippen molar-refractivity contribution in [3.8, 4) is 0 Å². The second-order valence-electron chi connectivity index (χ2n) is 4.57. The van der Waals surface area contributed by atoms with Gasteiger partial charge in [-0.15, -0.1) is 0 Å². The van der Waals surface area contributed by atoms with Crippen LogP contribution in [-0.4, -0.2) is 21.2 Å². The van der Waals surface area contributed by atoms with E-state index in [1.807, 2.05) is 6.26 Å². The van der Waals surface area contributed by atoms with Crippen LogP contribution in [0.2, 0.25) is 0 Å². The summed E-state index contributed by atoms with van der Waals surface area (Å²) in [7, 11) is 0. The van der Waals surface area contributed by atoms with Crippen LogP contribution in [0.15, 0.2) is 5.16 Å². The highest BCUT2D eigenvalue weighted by Crippen LogP contribution is 2.12. The number of hydrogen-bond acceptors (Lipinski definition) is 4. The van der Waals surface area contributed by atoms with E-state index >= 15 is 0 Å². The zero-order chi connectivity index (χ0) is 13.2. The Kier molecular flexibility index (Phi) is 7.98. The lowest BCUT2D eigenvalue weighted by Gasteiger charge is -2.05. The molecule has 1 heterocycles. The molecule has 0 N–H and O–H groups in total. The van der Waals surface area contributed by atoms with E-state index in [0.29, 0.717) is 0 Å². The zero-order valence-electron chi connectivity index (χ0n) is 11.9. The third-order valence-electron chi connectivity index (χ3n) is 2.90. The minimum Gasteiger partial charge on any atom is -0.218 e. The summed E-state index contributed by atoms with van der Waals surface area (Å²) in [6.45, 7) is 4.44. The lowest BCUT2D eigenvalue weighted by molar-refractivity contribution is 0.641. The summed E-state index contributed by atoms with van der Waals surface area (Å²) >= 11 is 1.61. The van der Waals surface area contributed by atoms with E-state index in [9.17, 15) is 0 Å². The third-order valence-corrected chi connectivity index (χ3v) is 3.45. The van der Waals surface area contributed by atoms with Gasteiger partial charge in [0, 0.05) is 12.8 Å². The van der Waals surface area contributed by atoms with Gasteiger partial charge in [-0.05, 0) is 19.1 Å². The Morgan fingerprint density at radius 3 is 1.67 bits per heavy atom. The van der Waals surface area contributed by atoms with E-state index in [1.54, 1.807) is 11.8 Å². The maximum absolute atomic E-state index is 4.59. The molecule has 3 nitrogen and oxygen atoms in total. The Balaban J connectivity index is 2.62. The van der Waals surface area contributed by atoms with Gasteiger partial charge in [0.1, 0.15) is 11.6 Å². The van der Waals surface area contributed by atoms with Crippen LogP contribution in [0.3, 0.4) is 0 Å². The van der Waals surface area contributed by atoms with Crippen LogP contribution in [0, 0.1) is 0 Å². The molecular formula is C14H25N3S. The van der Waals surface area contributed by atoms with Gasteiger partial charge in [0.15, 0.2) is 5.16 Å². The first-order valence-corrected chi connectivity index (χ1v) is 8.30. The Hall–Kier alpha value is -0.640. The van der Waals surface area contributed by atoms with Crippen LogP contribution in [-0.2, 0) is 12.8 Å². The molecule has 0 saturated carbocycles. The predicted molar refractivity (Wildman–Crippen MR) is 78.1 cm³/mol. The highest BCUT2D eigenvalue weighted by molar-refractivity contribution is 7.98. The summed E-state index contributed by atoms with van der Waals surface area (Å²) in [5, 5.41) is 0.878. The maximum Gasteiger partial charge on any atom is 0.190 e. The Morgan fingerprint density at radius 2 is 1.28 bits per heavy atom. The van der Waals surface area contributed by atoms with Crippen LogP contribution in [0.5, 0.6) is 0 Å². The van der Waals surface area contributed by atoms with Crippen molar-refractivity contribution in [2.24, 2.45) is 0 Å². The molecule has 0 aliphatic heterocycles. The minimum atomic E-state index is 0.878. The first-order chi connectivity index (χ1) is 8.80. The van der Waals surface area contributed by atoms with Crippen molar-refractivity contribution in [2.45, 2.75) is 70.4 Å². The SMILES string of the molecule is CCCCCc1nc(CCCCC)nc(SC)n1. The van der Waals surface area contributed by atoms with Gasteiger partial charge in [-0.2, -0.15) is 0 Å². The van der Waals surface area contributed by atoms with Crippen LogP contribution in [0.25, 0.3) is 0 Å². The smallest absolute Gasteiger partial charge is 0.190 e. The molecule has 0 aromatic carbocycles. The van der Waals surface area contributed by atoms with Crippen LogP contribution < -0.4 is 0 Å². The first-order valence-electron chi connectivity index (χ1n) is 7.08. The van der Waals surface area contributed by atoms with Crippen molar-refractivity contribution in [3.05, 3.63) is 11.6 Å². The number of aryl methyl sites for hydroxylation is 2. The molecule has 1 aromatic heterocycles. The molecule has 0 radical (unpaired) electrons. The Bertz CT molecular complexity index is 314. The normalized spacial score (nSPS) is 10.8. The second-order valence-corrected chi connectivity index (χ2v) is 5.34. The quantitative estimate of drug-likeness (QED) is 0.499. The standard InChI is InChI=1S/C14H25N3S/c1-4-6-8-10-12-15-13(11-9-7-5-2)17-14(16-12)18-3/h4-11H2,1-3H3. The summed E-state index contributed by atoms with van der Waals surface area (Å²) in [5.41, 5.74) is 0. The number of aromatic nitrogens is 3. The molecule has 0 atom stereocenters. The fourth-order valence-electron chi connectivity index (χ4n) is 1.83. The van der Waals surface area contributed by atoms with Crippen molar-refractivity contribution in [1.29, 1.82) is 0 Å². The first kappa shape index (κ1) is 15.4. The number of nitrogens with zero attached hydrogens (tertiary/aromatic N) is 3. The highest BCUT2D eigenvalue weighted by Gasteiger charge is 2.05. The summed E-state index contributed by atoms with van der Waals surface area (Å²) in [6.07, 6.45) is 11.4. The lowest BCUT2D eigenvalue weighted by atomic mass is 10.2. The second kappa shape index (κ2) is 9.31. The van der Waals surface area contributed by atoms with E-state index in [1.165, 1.54) is 38.5 Å². The topological polar surface area (TPSA) is 38.7 Å². The van der Waals surface area contributed by atoms with E-state index < -0.39 is 0 Å². The Labute approximate surface area is 115 Å². The van der Waals surface area contributed by atoms with Gasteiger partial charge in [-0.3, -0.25) is 0 Å². The van der Waals surface area contributed by atoms with Gasteiger partial charge < -0.3 is 0 Å². The van der Waals surface area contributed by atoms with E-state index in [0.717, 1.165) is 29.6 Å². The fourth-order valence-corrected chi connectivity index (χ4v) is 2.22. The number of thioether (sulfide) groups is 1. The third kappa shape index (κ3) is 5.80. The monoisotopic (exact) mass is 267 g/mol. The lowest BCUT2D eigenvalue weighted by Crippen LogP contribution is -2.05. The molecule has 4 heteroatoms. The van der Waals surface area contributed by atoms with Gasteiger partial charge in [0.05, 0.1) is 0 Å². The van der Waals surface area contributed by atoms with Crippen LogP contribution in [0.4, 0.5) is 0 Å². The molecule has 0 bridgehead atoms. The molecule has 0 unspecified atom stereocenters. The number of rotatable bonds is 9. The van der Waals surface area contributed by atoms with Crippen LogP contribution >= 0.6 is 11.8 Å². The zero-order valence-corrected chi connectivity index (χ0v) is 12.7. The molecule has 18 heavy (non-hydrogen) atoms. The van der Waals surface area contributed by atoms with Gasteiger partial charge >= 0.3 is 0 Å². The average Bonchev–Trinajstić information content (AvgIpc) is 2.39. The van der Waals surface area contributed by atoms with E-state index in [2.05, 4.69) is 28.8 Å². The maximum atomic E-state index is 4.59. The fraction of sp³-hybridized carbons (Fsp3) is 0.786. The van der Waals surface area contributed by atoms with Gasteiger partial charge in [-0.25, -0.2) is 15.0 Å².